The van der Waals surface area contributed by atoms with Gasteiger partial charge in [0.25, 0.3) is 0 Å². The molecule has 4 rings (SSSR count). The third-order valence-electron chi connectivity index (χ3n) is 4.69. The summed E-state index contributed by atoms with van der Waals surface area (Å²) >= 11 is 6.04. The minimum absolute atomic E-state index is 0.101. The Bertz CT molecular complexity index is 970. The predicted octanol–water partition coefficient (Wildman–Crippen LogP) is 5.84. The molecule has 0 aromatic heterocycles. The van der Waals surface area contributed by atoms with Crippen LogP contribution in [-0.2, 0) is 0 Å². The average molecular weight is 381 g/mol. The summed E-state index contributed by atoms with van der Waals surface area (Å²) < 4.78 is 19.7. The molecule has 5 heteroatoms. The Kier molecular flexibility index (Phi) is 4.82. The quantitative estimate of drug-likeness (QED) is 0.567. The Morgan fingerprint density at radius 3 is 2.37 bits per heavy atom. The van der Waals surface area contributed by atoms with Gasteiger partial charge in [-0.3, -0.25) is 5.01 Å². The number of hydrazone groups is 1. The van der Waals surface area contributed by atoms with Crippen LogP contribution in [0.25, 0.3) is 0 Å². The normalized spacial score (nSPS) is 16.3. The maximum atomic E-state index is 14.5. The molecule has 0 unspecified atom stereocenters. The lowest BCUT2D eigenvalue weighted by Crippen LogP contribution is -2.19. The fourth-order valence-electron chi connectivity index (χ4n) is 3.27. The number of ether oxygens (including phenoxy) is 1. The monoisotopic (exact) mass is 380 g/mol. The molecule has 3 aromatic rings. The van der Waals surface area contributed by atoms with Crippen molar-refractivity contribution in [2.75, 3.05) is 12.1 Å². The Hall–Kier alpha value is -2.85. The van der Waals surface area contributed by atoms with Crippen LogP contribution in [-0.4, -0.2) is 12.8 Å². The highest BCUT2D eigenvalue weighted by molar-refractivity contribution is 6.30. The SMILES string of the molecule is COc1ccc(C2=NN(c3ccccc3F)[C@H](c3ccc(Cl)cc3)C2)cc1. The summed E-state index contributed by atoms with van der Waals surface area (Å²) in [6.07, 6.45) is 0.669. The first kappa shape index (κ1) is 17.6. The number of hydrogen-bond acceptors (Lipinski definition) is 3. The largest absolute Gasteiger partial charge is 0.497 e. The van der Waals surface area contributed by atoms with E-state index in [1.165, 1.54) is 6.07 Å². The molecule has 0 bridgehead atoms. The van der Waals surface area contributed by atoms with E-state index in [1.807, 2.05) is 54.6 Å². The van der Waals surface area contributed by atoms with Crippen molar-refractivity contribution in [1.29, 1.82) is 0 Å². The number of hydrogen-bond donors (Lipinski definition) is 0. The summed E-state index contributed by atoms with van der Waals surface area (Å²) in [6.45, 7) is 0. The van der Waals surface area contributed by atoms with Crippen molar-refractivity contribution in [3.8, 4) is 5.75 Å². The van der Waals surface area contributed by atoms with Crippen LogP contribution >= 0.6 is 11.6 Å². The standard InChI is InChI=1S/C22H18ClFN2O/c1-27-18-12-8-15(9-13-18)20-14-22(16-6-10-17(23)11-7-16)26(25-20)21-5-3-2-4-19(21)24/h2-13,22H,14H2,1H3/t22-/m0/s1. The van der Waals surface area contributed by atoms with E-state index in [2.05, 4.69) is 0 Å². The molecule has 1 atom stereocenters. The second-order valence-electron chi connectivity index (χ2n) is 6.34. The van der Waals surface area contributed by atoms with Crippen LogP contribution in [0.1, 0.15) is 23.6 Å². The lowest BCUT2D eigenvalue weighted by molar-refractivity contribution is 0.415. The van der Waals surface area contributed by atoms with Crippen LogP contribution in [0.4, 0.5) is 10.1 Å². The van der Waals surface area contributed by atoms with Crippen LogP contribution in [0.2, 0.25) is 5.02 Å². The molecule has 3 aromatic carbocycles. The molecular formula is C22H18ClFN2O. The second-order valence-corrected chi connectivity index (χ2v) is 6.78. The van der Waals surface area contributed by atoms with Crippen molar-refractivity contribution in [2.45, 2.75) is 12.5 Å². The van der Waals surface area contributed by atoms with Gasteiger partial charge in [0.2, 0.25) is 0 Å². The minimum Gasteiger partial charge on any atom is -0.497 e. The number of rotatable bonds is 4. The van der Waals surface area contributed by atoms with E-state index in [1.54, 1.807) is 24.3 Å². The first-order valence-corrected chi connectivity index (χ1v) is 9.04. The van der Waals surface area contributed by atoms with Crippen LogP contribution in [0.3, 0.4) is 0 Å². The number of benzene rings is 3. The van der Waals surface area contributed by atoms with Gasteiger partial charge in [-0.25, -0.2) is 4.39 Å². The summed E-state index contributed by atoms with van der Waals surface area (Å²) in [6, 6.07) is 22.0. The summed E-state index contributed by atoms with van der Waals surface area (Å²) in [5, 5.41) is 7.20. The zero-order valence-electron chi connectivity index (χ0n) is 14.8. The fraction of sp³-hybridized carbons (Fsp3) is 0.136. The van der Waals surface area contributed by atoms with Gasteiger partial charge in [-0.2, -0.15) is 5.10 Å². The van der Waals surface area contributed by atoms with E-state index in [9.17, 15) is 4.39 Å². The number of nitrogens with zero attached hydrogens (tertiary/aromatic N) is 2. The first-order valence-electron chi connectivity index (χ1n) is 8.67. The van der Waals surface area contributed by atoms with E-state index >= 15 is 0 Å². The number of methoxy groups -OCH3 is 1. The maximum absolute atomic E-state index is 14.5. The van der Waals surface area contributed by atoms with E-state index in [0.29, 0.717) is 17.1 Å². The van der Waals surface area contributed by atoms with Crippen LogP contribution in [0, 0.1) is 5.82 Å². The number of halogens is 2. The summed E-state index contributed by atoms with van der Waals surface area (Å²) in [7, 11) is 1.64. The van der Waals surface area contributed by atoms with Gasteiger partial charge in [0, 0.05) is 11.4 Å². The van der Waals surface area contributed by atoms with Crippen molar-refractivity contribution in [1.82, 2.24) is 0 Å². The van der Waals surface area contributed by atoms with Crippen molar-refractivity contribution < 1.29 is 9.13 Å². The highest BCUT2D eigenvalue weighted by atomic mass is 35.5. The fourth-order valence-corrected chi connectivity index (χ4v) is 3.40. The predicted molar refractivity (Wildman–Crippen MR) is 107 cm³/mol. The first-order chi connectivity index (χ1) is 13.2. The minimum atomic E-state index is -0.295. The molecule has 0 spiro atoms. The van der Waals surface area contributed by atoms with Crippen molar-refractivity contribution >= 4 is 23.0 Å². The third-order valence-corrected chi connectivity index (χ3v) is 4.94. The van der Waals surface area contributed by atoms with E-state index < -0.39 is 0 Å². The van der Waals surface area contributed by atoms with Crippen molar-refractivity contribution in [3.63, 3.8) is 0 Å². The number of para-hydroxylation sites is 1. The third kappa shape index (κ3) is 3.53. The van der Waals surface area contributed by atoms with Crippen LogP contribution < -0.4 is 9.75 Å². The summed E-state index contributed by atoms with van der Waals surface area (Å²) in [5.41, 5.74) is 3.39. The number of anilines is 1. The van der Waals surface area contributed by atoms with Gasteiger partial charge in [0.1, 0.15) is 11.6 Å². The highest BCUT2D eigenvalue weighted by Crippen LogP contribution is 2.38. The Labute approximate surface area is 162 Å². The van der Waals surface area contributed by atoms with Gasteiger partial charge in [-0.1, -0.05) is 35.9 Å². The molecule has 3 nitrogen and oxygen atoms in total. The Balaban J connectivity index is 1.75. The zero-order valence-corrected chi connectivity index (χ0v) is 15.5. The van der Waals surface area contributed by atoms with Gasteiger partial charge >= 0.3 is 0 Å². The Morgan fingerprint density at radius 1 is 1.00 bits per heavy atom. The van der Waals surface area contributed by atoms with Crippen LogP contribution in [0.5, 0.6) is 5.75 Å². The van der Waals surface area contributed by atoms with Crippen LogP contribution in [0.15, 0.2) is 77.9 Å². The second kappa shape index (κ2) is 7.41. The summed E-state index contributed by atoms with van der Waals surface area (Å²) in [5.74, 6) is 0.494. The van der Waals surface area contributed by atoms with E-state index in [0.717, 1.165) is 22.6 Å². The van der Waals surface area contributed by atoms with Crippen molar-refractivity contribution in [3.05, 3.63) is 94.8 Å². The van der Waals surface area contributed by atoms with Gasteiger partial charge in [-0.05, 0) is 59.7 Å². The topological polar surface area (TPSA) is 24.8 Å². The van der Waals surface area contributed by atoms with Gasteiger partial charge < -0.3 is 4.74 Å². The smallest absolute Gasteiger partial charge is 0.148 e. The lowest BCUT2D eigenvalue weighted by Gasteiger charge is -2.24. The molecule has 1 heterocycles. The molecule has 136 valence electrons. The highest BCUT2D eigenvalue weighted by Gasteiger charge is 2.31. The Morgan fingerprint density at radius 2 is 1.70 bits per heavy atom. The van der Waals surface area contributed by atoms with E-state index in [4.69, 9.17) is 21.4 Å². The lowest BCUT2D eigenvalue weighted by atomic mass is 9.98. The molecule has 0 N–H and O–H groups in total. The van der Waals surface area contributed by atoms with Gasteiger partial charge in [0.15, 0.2) is 0 Å². The van der Waals surface area contributed by atoms with E-state index in [-0.39, 0.29) is 11.9 Å². The molecule has 0 radical (unpaired) electrons. The molecule has 1 aliphatic heterocycles. The molecule has 0 saturated heterocycles. The molecule has 1 aliphatic rings. The van der Waals surface area contributed by atoms with Crippen molar-refractivity contribution in [2.24, 2.45) is 5.10 Å². The molecule has 27 heavy (non-hydrogen) atoms. The maximum Gasteiger partial charge on any atom is 0.148 e. The molecule has 0 fully saturated rings. The van der Waals surface area contributed by atoms with Gasteiger partial charge in [0.05, 0.1) is 24.6 Å². The molecule has 0 amide bonds. The zero-order chi connectivity index (χ0) is 18.8. The molecule has 0 saturated carbocycles. The molecule has 0 aliphatic carbocycles. The average Bonchev–Trinajstić information content (AvgIpc) is 3.14. The summed E-state index contributed by atoms with van der Waals surface area (Å²) in [4.78, 5) is 0. The van der Waals surface area contributed by atoms with Gasteiger partial charge in [-0.15, -0.1) is 0 Å². The molecular weight excluding hydrogens is 363 g/mol.